The second kappa shape index (κ2) is 9.31. The third-order valence-electron chi connectivity index (χ3n) is 7.20. The van der Waals surface area contributed by atoms with E-state index in [9.17, 15) is 14.9 Å². The minimum atomic E-state index is -0.422. The first kappa shape index (κ1) is 23.3. The molecule has 4 heterocycles. The van der Waals surface area contributed by atoms with Crippen molar-refractivity contribution in [1.29, 1.82) is 5.26 Å². The molecule has 1 aromatic carbocycles. The molecule has 2 saturated heterocycles. The van der Waals surface area contributed by atoms with Crippen molar-refractivity contribution in [2.24, 2.45) is 0 Å². The maximum absolute atomic E-state index is 12.8. The molecular formula is C27H31N5O3. The van der Waals surface area contributed by atoms with Gasteiger partial charge in [-0.3, -0.25) is 9.59 Å². The number of anilines is 1. The van der Waals surface area contributed by atoms with Gasteiger partial charge in [0.25, 0.3) is 0 Å². The second-order valence-electron chi connectivity index (χ2n) is 10.1. The average molecular weight is 474 g/mol. The Bertz CT molecular complexity index is 1170. The fourth-order valence-corrected chi connectivity index (χ4v) is 5.25. The summed E-state index contributed by atoms with van der Waals surface area (Å²) < 4.78 is 6.10. The maximum atomic E-state index is 12.8. The highest BCUT2D eigenvalue weighted by Gasteiger charge is 2.35. The Morgan fingerprint density at radius 3 is 2.20 bits per heavy atom. The first-order chi connectivity index (χ1) is 16.9. The number of rotatable bonds is 2. The zero-order chi connectivity index (χ0) is 24.6. The topological polar surface area (TPSA) is 89.8 Å². The van der Waals surface area contributed by atoms with Crippen LogP contribution in [-0.4, -0.2) is 71.5 Å². The van der Waals surface area contributed by atoms with Gasteiger partial charge in [-0.1, -0.05) is 30.3 Å². The summed E-state index contributed by atoms with van der Waals surface area (Å²) in [5.41, 5.74) is 4.02. The molecular weight excluding hydrogens is 442 g/mol. The van der Waals surface area contributed by atoms with Crippen molar-refractivity contribution in [3.63, 3.8) is 0 Å². The molecule has 2 fully saturated rings. The van der Waals surface area contributed by atoms with Gasteiger partial charge < -0.3 is 19.4 Å². The fourth-order valence-electron chi connectivity index (χ4n) is 5.25. The maximum Gasteiger partial charge on any atom is 0.312 e. The van der Waals surface area contributed by atoms with Crippen LogP contribution in [0.4, 0.5) is 5.82 Å². The molecule has 0 aliphatic carbocycles. The number of amides is 2. The fraction of sp³-hybridized carbons (Fsp3) is 0.481. The van der Waals surface area contributed by atoms with E-state index < -0.39 is 11.8 Å². The van der Waals surface area contributed by atoms with Gasteiger partial charge in [0.1, 0.15) is 11.9 Å². The number of aromatic nitrogens is 1. The standard InChI is InChI=1S/C27H31N5O3/c1-27(2)16-20-21(17-28)24(29-23(22(20)18-35-27)19-8-4-3-5-9-19)30-12-14-32(15-13-30)26(34)25(33)31-10-6-7-11-31/h3-5,8-9H,6-7,10-16,18H2,1-2H3. The molecule has 182 valence electrons. The Morgan fingerprint density at radius 2 is 1.57 bits per heavy atom. The quantitative estimate of drug-likeness (QED) is 0.623. The number of fused-ring (bicyclic) bond motifs is 1. The van der Waals surface area contributed by atoms with E-state index in [1.54, 1.807) is 9.80 Å². The van der Waals surface area contributed by atoms with Crippen molar-refractivity contribution in [3.05, 3.63) is 47.0 Å². The summed E-state index contributed by atoms with van der Waals surface area (Å²) in [5, 5.41) is 10.2. The number of carbonyl (C=O) groups excluding carboxylic acids is 2. The van der Waals surface area contributed by atoms with Crippen LogP contribution in [-0.2, 0) is 27.4 Å². The number of nitrogens with zero attached hydrogens (tertiary/aromatic N) is 5. The van der Waals surface area contributed by atoms with Gasteiger partial charge in [0.15, 0.2) is 0 Å². The van der Waals surface area contributed by atoms with Crippen LogP contribution in [0.1, 0.15) is 43.4 Å². The zero-order valence-corrected chi connectivity index (χ0v) is 20.4. The molecule has 0 radical (unpaired) electrons. The van der Waals surface area contributed by atoms with Crippen LogP contribution < -0.4 is 4.90 Å². The lowest BCUT2D eigenvalue weighted by atomic mass is 9.86. The lowest BCUT2D eigenvalue weighted by Gasteiger charge is -2.38. The van der Waals surface area contributed by atoms with Gasteiger partial charge in [-0.15, -0.1) is 0 Å². The van der Waals surface area contributed by atoms with Gasteiger partial charge in [0.2, 0.25) is 0 Å². The molecule has 0 N–H and O–H groups in total. The molecule has 3 aliphatic rings. The number of hydrogen-bond donors (Lipinski definition) is 0. The summed E-state index contributed by atoms with van der Waals surface area (Å²) >= 11 is 0. The number of benzene rings is 1. The molecule has 0 unspecified atom stereocenters. The molecule has 0 bridgehead atoms. The molecule has 35 heavy (non-hydrogen) atoms. The third-order valence-corrected chi connectivity index (χ3v) is 7.20. The highest BCUT2D eigenvalue weighted by atomic mass is 16.5. The van der Waals surface area contributed by atoms with Crippen LogP contribution in [0.3, 0.4) is 0 Å². The summed E-state index contributed by atoms with van der Waals surface area (Å²) in [7, 11) is 0. The lowest BCUT2D eigenvalue weighted by molar-refractivity contribution is -0.151. The van der Waals surface area contributed by atoms with E-state index in [4.69, 9.17) is 9.72 Å². The third kappa shape index (κ3) is 4.48. The zero-order valence-electron chi connectivity index (χ0n) is 20.4. The second-order valence-corrected chi connectivity index (χ2v) is 10.1. The van der Waals surface area contributed by atoms with Crippen LogP contribution in [0.5, 0.6) is 0 Å². The first-order valence-corrected chi connectivity index (χ1v) is 12.4. The van der Waals surface area contributed by atoms with E-state index in [0.29, 0.717) is 63.7 Å². The Balaban J connectivity index is 1.44. The molecule has 5 rings (SSSR count). The first-order valence-electron chi connectivity index (χ1n) is 12.4. The summed E-state index contributed by atoms with van der Waals surface area (Å²) in [5.74, 6) is -0.163. The molecule has 2 aromatic rings. The molecule has 8 heteroatoms. The van der Waals surface area contributed by atoms with Gasteiger partial charge >= 0.3 is 11.8 Å². The Morgan fingerprint density at radius 1 is 0.943 bits per heavy atom. The molecule has 1 aromatic heterocycles. The SMILES string of the molecule is CC1(C)Cc2c(C#N)c(N3CCN(C(=O)C(=O)N4CCCC4)CC3)nc(-c3ccccc3)c2CO1. The Hall–Kier alpha value is -3.44. The van der Waals surface area contributed by atoms with Crippen LogP contribution >= 0.6 is 0 Å². The van der Waals surface area contributed by atoms with E-state index in [2.05, 4.69) is 11.0 Å². The Kier molecular flexibility index (Phi) is 6.20. The van der Waals surface area contributed by atoms with Crippen molar-refractivity contribution in [1.82, 2.24) is 14.8 Å². The highest BCUT2D eigenvalue weighted by molar-refractivity contribution is 6.35. The number of ether oxygens (including phenoxy) is 1. The van der Waals surface area contributed by atoms with Crippen molar-refractivity contribution >= 4 is 17.6 Å². The minimum Gasteiger partial charge on any atom is -0.370 e. The van der Waals surface area contributed by atoms with E-state index in [-0.39, 0.29) is 5.60 Å². The minimum absolute atomic E-state index is 0.369. The summed E-state index contributed by atoms with van der Waals surface area (Å²) in [4.78, 5) is 35.7. The van der Waals surface area contributed by atoms with Gasteiger partial charge in [0, 0.05) is 56.8 Å². The monoisotopic (exact) mass is 473 g/mol. The van der Waals surface area contributed by atoms with Crippen molar-refractivity contribution in [3.8, 4) is 17.3 Å². The number of piperazine rings is 1. The average Bonchev–Trinajstić information content (AvgIpc) is 3.42. The van der Waals surface area contributed by atoms with Gasteiger partial charge in [-0.05, 0) is 32.3 Å². The van der Waals surface area contributed by atoms with Crippen LogP contribution in [0, 0.1) is 11.3 Å². The largest absolute Gasteiger partial charge is 0.370 e. The van der Waals surface area contributed by atoms with Crippen LogP contribution in [0.2, 0.25) is 0 Å². The van der Waals surface area contributed by atoms with Gasteiger partial charge in [0.05, 0.1) is 23.5 Å². The van der Waals surface area contributed by atoms with Crippen LogP contribution in [0.25, 0.3) is 11.3 Å². The number of hydrogen-bond acceptors (Lipinski definition) is 6. The molecule has 0 atom stereocenters. The van der Waals surface area contributed by atoms with Crippen molar-refractivity contribution in [2.75, 3.05) is 44.2 Å². The van der Waals surface area contributed by atoms with E-state index in [0.717, 1.165) is 35.2 Å². The summed E-state index contributed by atoms with van der Waals surface area (Å²) in [6, 6.07) is 12.4. The van der Waals surface area contributed by atoms with E-state index in [1.807, 2.05) is 44.2 Å². The molecule has 0 spiro atoms. The lowest BCUT2D eigenvalue weighted by Crippen LogP contribution is -2.53. The van der Waals surface area contributed by atoms with Crippen molar-refractivity contribution < 1.29 is 14.3 Å². The summed E-state index contributed by atoms with van der Waals surface area (Å²) in [6.07, 6.45) is 2.54. The molecule has 8 nitrogen and oxygen atoms in total. The predicted molar refractivity (Wildman–Crippen MR) is 132 cm³/mol. The number of likely N-dealkylation sites (tertiary alicyclic amines) is 1. The number of pyridine rings is 1. The highest BCUT2D eigenvalue weighted by Crippen LogP contribution is 2.39. The molecule has 0 saturated carbocycles. The smallest absolute Gasteiger partial charge is 0.312 e. The van der Waals surface area contributed by atoms with E-state index >= 15 is 0 Å². The van der Waals surface area contributed by atoms with E-state index in [1.165, 1.54) is 0 Å². The molecule has 3 aliphatic heterocycles. The van der Waals surface area contributed by atoms with Gasteiger partial charge in [-0.2, -0.15) is 5.26 Å². The Labute approximate surface area is 206 Å². The van der Waals surface area contributed by atoms with Crippen molar-refractivity contribution in [2.45, 2.75) is 45.3 Å². The van der Waals surface area contributed by atoms with Gasteiger partial charge in [-0.25, -0.2) is 4.98 Å². The number of carbonyl (C=O) groups is 2. The summed E-state index contributed by atoms with van der Waals surface area (Å²) in [6.45, 7) is 7.72. The van der Waals surface area contributed by atoms with Crippen LogP contribution in [0.15, 0.2) is 30.3 Å². The predicted octanol–water partition coefficient (Wildman–Crippen LogP) is 2.74. The number of nitriles is 1. The molecule has 2 amide bonds. The normalized spacial score (nSPS) is 19.3.